The van der Waals surface area contributed by atoms with Gasteiger partial charge in [0.25, 0.3) is 5.95 Å². The highest BCUT2D eigenvalue weighted by Crippen LogP contribution is 2.08. The zero-order chi connectivity index (χ0) is 13.5. The largest absolute Gasteiger partial charge is 0.396 e. The molecule has 8 nitrogen and oxygen atoms in total. The van der Waals surface area contributed by atoms with Crippen molar-refractivity contribution in [3.8, 4) is 5.95 Å². The molecule has 2 heterocycles. The maximum absolute atomic E-state index is 8.67. The number of rotatable bonds is 7. The van der Waals surface area contributed by atoms with Crippen molar-refractivity contribution in [1.82, 2.24) is 29.7 Å². The van der Waals surface area contributed by atoms with Crippen molar-refractivity contribution in [3.63, 3.8) is 0 Å². The molecule has 2 rings (SSSR count). The van der Waals surface area contributed by atoms with Gasteiger partial charge in [0.2, 0.25) is 11.2 Å². The van der Waals surface area contributed by atoms with Crippen molar-refractivity contribution in [3.05, 3.63) is 17.9 Å². The van der Waals surface area contributed by atoms with E-state index in [1.54, 1.807) is 0 Å². The molecular formula is C10H14ClN7O. The number of nitrogens with one attached hydrogen (secondary N) is 1. The summed E-state index contributed by atoms with van der Waals surface area (Å²) in [6.07, 6.45) is 5.53. The highest BCUT2D eigenvalue weighted by atomic mass is 35.5. The van der Waals surface area contributed by atoms with E-state index in [0.717, 1.165) is 19.3 Å². The van der Waals surface area contributed by atoms with E-state index >= 15 is 0 Å². The molecule has 0 radical (unpaired) electrons. The molecule has 0 amide bonds. The van der Waals surface area contributed by atoms with Gasteiger partial charge >= 0.3 is 0 Å². The number of unbranched alkanes of at least 4 members (excludes halogenated alkanes) is 2. The van der Waals surface area contributed by atoms with E-state index in [9.17, 15) is 0 Å². The fraction of sp³-hybridized carbons (Fsp3) is 0.500. The zero-order valence-electron chi connectivity index (χ0n) is 10.2. The quantitative estimate of drug-likeness (QED) is 0.720. The molecule has 0 bridgehead atoms. The van der Waals surface area contributed by atoms with Crippen LogP contribution in [-0.4, -0.2) is 48.0 Å². The SMILES string of the molecule is OCCCCCNc1nc(Cl)nc(-n2cncn2)n1. The number of halogens is 1. The van der Waals surface area contributed by atoms with E-state index in [-0.39, 0.29) is 11.9 Å². The first-order valence-corrected chi connectivity index (χ1v) is 6.28. The topological polar surface area (TPSA) is 102 Å². The van der Waals surface area contributed by atoms with Crippen LogP contribution >= 0.6 is 11.6 Å². The molecule has 0 fully saturated rings. The summed E-state index contributed by atoms with van der Waals surface area (Å²) >= 11 is 5.83. The van der Waals surface area contributed by atoms with Gasteiger partial charge in [0.05, 0.1) is 0 Å². The normalized spacial score (nSPS) is 10.6. The third kappa shape index (κ3) is 4.11. The predicted octanol–water partition coefficient (Wildman–Crippen LogP) is 0.680. The Bertz CT molecular complexity index is 505. The van der Waals surface area contributed by atoms with E-state index in [0.29, 0.717) is 18.4 Å². The Kier molecular flexibility index (Phi) is 4.99. The Hall–Kier alpha value is -1.80. The zero-order valence-corrected chi connectivity index (χ0v) is 11.0. The summed E-state index contributed by atoms with van der Waals surface area (Å²) < 4.78 is 1.41. The summed E-state index contributed by atoms with van der Waals surface area (Å²) in [5, 5.41) is 15.8. The summed E-state index contributed by atoms with van der Waals surface area (Å²) in [6.45, 7) is 0.922. The van der Waals surface area contributed by atoms with Crippen LogP contribution in [0, 0.1) is 0 Å². The van der Waals surface area contributed by atoms with Crippen LogP contribution < -0.4 is 5.32 Å². The summed E-state index contributed by atoms with van der Waals surface area (Å²) in [5.41, 5.74) is 0. The standard InChI is InChI=1S/C10H14ClN7O/c11-8-15-9(13-4-2-1-3-5-19)17-10(16-8)18-7-12-6-14-18/h6-7,19H,1-5H2,(H,13,15,16,17). The number of aliphatic hydroxyl groups excluding tert-OH is 1. The molecule has 0 saturated heterocycles. The van der Waals surface area contributed by atoms with Crippen molar-refractivity contribution in [2.45, 2.75) is 19.3 Å². The maximum atomic E-state index is 8.67. The Morgan fingerprint density at radius 1 is 1.21 bits per heavy atom. The third-order valence-corrected chi connectivity index (χ3v) is 2.51. The van der Waals surface area contributed by atoms with Crippen LogP contribution in [0.5, 0.6) is 0 Å². The van der Waals surface area contributed by atoms with Crippen molar-refractivity contribution in [2.24, 2.45) is 0 Å². The number of aliphatic hydroxyl groups is 1. The summed E-state index contributed by atoms with van der Waals surface area (Å²) in [5.74, 6) is 0.713. The monoisotopic (exact) mass is 283 g/mol. The van der Waals surface area contributed by atoms with Gasteiger partial charge in [-0.3, -0.25) is 0 Å². The molecule has 0 unspecified atom stereocenters. The van der Waals surface area contributed by atoms with Crippen LogP contribution in [0.1, 0.15) is 19.3 Å². The molecule has 2 N–H and O–H groups in total. The van der Waals surface area contributed by atoms with Crippen LogP contribution in [0.3, 0.4) is 0 Å². The lowest BCUT2D eigenvalue weighted by Gasteiger charge is -2.06. The highest BCUT2D eigenvalue weighted by molar-refractivity contribution is 6.28. The van der Waals surface area contributed by atoms with E-state index in [2.05, 4.69) is 30.4 Å². The first-order valence-electron chi connectivity index (χ1n) is 5.91. The van der Waals surface area contributed by atoms with Gasteiger partial charge in [-0.15, -0.1) is 0 Å². The lowest BCUT2D eigenvalue weighted by molar-refractivity contribution is 0.283. The van der Waals surface area contributed by atoms with Crippen molar-refractivity contribution in [1.29, 1.82) is 0 Å². The first kappa shape index (κ1) is 13.6. The molecule has 2 aromatic heterocycles. The van der Waals surface area contributed by atoms with Gasteiger partial charge in [-0.2, -0.15) is 24.7 Å². The van der Waals surface area contributed by atoms with Gasteiger partial charge in [0.15, 0.2) is 0 Å². The van der Waals surface area contributed by atoms with Gasteiger partial charge in [-0.25, -0.2) is 4.98 Å². The Morgan fingerprint density at radius 3 is 2.84 bits per heavy atom. The van der Waals surface area contributed by atoms with Gasteiger partial charge in [-0.05, 0) is 30.9 Å². The molecular weight excluding hydrogens is 270 g/mol. The molecule has 0 aliphatic carbocycles. The van der Waals surface area contributed by atoms with Crippen LogP contribution in [0.4, 0.5) is 5.95 Å². The Balaban J connectivity index is 1.97. The molecule has 0 atom stereocenters. The number of anilines is 1. The number of hydrogen-bond acceptors (Lipinski definition) is 7. The number of hydrogen-bond donors (Lipinski definition) is 2. The second kappa shape index (κ2) is 6.95. The summed E-state index contributed by atoms with van der Waals surface area (Å²) in [4.78, 5) is 16.0. The highest BCUT2D eigenvalue weighted by Gasteiger charge is 2.06. The minimum atomic E-state index is 0.0957. The van der Waals surface area contributed by atoms with Crippen LogP contribution in [0.25, 0.3) is 5.95 Å². The van der Waals surface area contributed by atoms with E-state index in [4.69, 9.17) is 16.7 Å². The minimum absolute atomic E-state index is 0.0957. The smallest absolute Gasteiger partial charge is 0.258 e. The van der Waals surface area contributed by atoms with Crippen molar-refractivity contribution < 1.29 is 5.11 Å². The van der Waals surface area contributed by atoms with Gasteiger partial charge in [-0.1, -0.05) is 0 Å². The molecule has 0 saturated carbocycles. The Morgan fingerprint density at radius 2 is 2.11 bits per heavy atom. The lowest BCUT2D eigenvalue weighted by Crippen LogP contribution is -2.10. The fourth-order valence-corrected chi connectivity index (χ4v) is 1.60. The minimum Gasteiger partial charge on any atom is -0.396 e. The number of aromatic nitrogens is 6. The van der Waals surface area contributed by atoms with Crippen molar-refractivity contribution in [2.75, 3.05) is 18.5 Å². The van der Waals surface area contributed by atoms with E-state index in [1.165, 1.54) is 17.3 Å². The molecule has 102 valence electrons. The van der Waals surface area contributed by atoms with Gasteiger partial charge in [0, 0.05) is 13.2 Å². The average Bonchev–Trinajstić information content (AvgIpc) is 2.92. The lowest BCUT2D eigenvalue weighted by atomic mass is 10.2. The molecule has 0 aliphatic rings. The molecule has 19 heavy (non-hydrogen) atoms. The molecule has 2 aromatic rings. The van der Waals surface area contributed by atoms with Crippen LogP contribution in [0.15, 0.2) is 12.7 Å². The summed E-state index contributed by atoms with van der Waals surface area (Å²) in [7, 11) is 0. The van der Waals surface area contributed by atoms with Crippen LogP contribution in [0.2, 0.25) is 5.28 Å². The molecule has 0 aromatic carbocycles. The number of nitrogens with zero attached hydrogens (tertiary/aromatic N) is 6. The van der Waals surface area contributed by atoms with E-state index in [1.807, 2.05) is 0 Å². The van der Waals surface area contributed by atoms with Crippen molar-refractivity contribution >= 4 is 17.5 Å². The maximum Gasteiger partial charge on any atom is 0.258 e. The molecule has 0 aliphatic heterocycles. The fourth-order valence-electron chi connectivity index (χ4n) is 1.45. The third-order valence-electron chi connectivity index (χ3n) is 2.34. The second-order valence-electron chi connectivity index (χ2n) is 3.78. The van der Waals surface area contributed by atoms with Crippen LogP contribution in [-0.2, 0) is 0 Å². The van der Waals surface area contributed by atoms with Gasteiger partial charge in [0.1, 0.15) is 12.7 Å². The van der Waals surface area contributed by atoms with Gasteiger partial charge < -0.3 is 10.4 Å². The predicted molar refractivity (Wildman–Crippen MR) is 69.2 cm³/mol. The van der Waals surface area contributed by atoms with E-state index < -0.39 is 0 Å². The Labute approximate surface area is 114 Å². The molecule has 9 heteroatoms. The average molecular weight is 284 g/mol. The molecule has 0 spiro atoms. The second-order valence-corrected chi connectivity index (χ2v) is 4.12. The first-order chi connectivity index (χ1) is 9.29. The summed E-state index contributed by atoms with van der Waals surface area (Å²) in [6, 6.07) is 0.